The second kappa shape index (κ2) is 9.37. The molecule has 2 aromatic heterocycles. The quantitative estimate of drug-likeness (QED) is 0.388. The van der Waals surface area contributed by atoms with Gasteiger partial charge < -0.3 is 16.0 Å². The van der Waals surface area contributed by atoms with Gasteiger partial charge >= 0.3 is 6.18 Å². The lowest BCUT2D eigenvalue weighted by atomic mass is 10.4. The monoisotopic (exact) mass is 386 g/mol. The minimum Gasteiger partial charge on any atom is -0.357 e. The van der Waals surface area contributed by atoms with E-state index in [1.165, 1.54) is 4.88 Å². The van der Waals surface area contributed by atoms with E-state index in [0.717, 1.165) is 17.1 Å². The van der Waals surface area contributed by atoms with Crippen LogP contribution < -0.4 is 16.0 Å². The molecule has 0 fully saturated rings. The molecule has 0 atom stereocenters. The number of guanidine groups is 1. The van der Waals surface area contributed by atoms with Crippen LogP contribution in [0.5, 0.6) is 0 Å². The van der Waals surface area contributed by atoms with Crippen LogP contribution in [0, 0.1) is 6.92 Å². The third-order valence-electron chi connectivity index (χ3n) is 3.18. The van der Waals surface area contributed by atoms with Gasteiger partial charge in [-0.3, -0.25) is 0 Å². The molecule has 0 saturated carbocycles. The third kappa shape index (κ3) is 6.51. The van der Waals surface area contributed by atoms with Crippen LogP contribution in [-0.2, 0) is 12.7 Å². The van der Waals surface area contributed by atoms with E-state index in [0.29, 0.717) is 32.1 Å². The fourth-order valence-corrected chi connectivity index (χ4v) is 2.84. The first-order valence-electron chi connectivity index (χ1n) is 8.10. The van der Waals surface area contributed by atoms with E-state index in [4.69, 9.17) is 0 Å². The summed E-state index contributed by atoms with van der Waals surface area (Å²) >= 11 is 1.69. The Balaban J connectivity index is 1.82. The van der Waals surface area contributed by atoms with Gasteiger partial charge in [0, 0.05) is 35.6 Å². The second-order valence-corrected chi connectivity index (χ2v) is 6.70. The molecular weight excluding hydrogens is 365 g/mol. The highest BCUT2D eigenvalue weighted by atomic mass is 32.1. The van der Waals surface area contributed by atoms with Gasteiger partial charge in [0.05, 0.1) is 6.54 Å². The first kappa shape index (κ1) is 20.0. The Hall–Kier alpha value is -2.36. The predicted molar refractivity (Wildman–Crippen MR) is 97.4 cm³/mol. The molecule has 0 aliphatic carbocycles. The number of alkyl halides is 3. The Morgan fingerprint density at radius 1 is 1.19 bits per heavy atom. The Labute approximate surface area is 154 Å². The summed E-state index contributed by atoms with van der Waals surface area (Å²) in [5.41, 5.74) is -0.968. The number of anilines is 1. The van der Waals surface area contributed by atoms with Crippen LogP contribution in [0.1, 0.15) is 22.4 Å². The lowest BCUT2D eigenvalue weighted by molar-refractivity contribution is -0.141. The summed E-state index contributed by atoms with van der Waals surface area (Å²) in [5.74, 6) is 0.586. The predicted octanol–water partition coefficient (Wildman–Crippen LogP) is 3.03. The summed E-state index contributed by atoms with van der Waals surface area (Å²) in [6.45, 7) is 6.08. The van der Waals surface area contributed by atoms with E-state index in [9.17, 15) is 13.2 Å². The highest BCUT2D eigenvalue weighted by Gasteiger charge is 2.32. The van der Waals surface area contributed by atoms with E-state index in [1.807, 2.05) is 19.9 Å². The molecule has 0 aliphatic rings. The van der Waals surface area contributed by atoms with Crippen LogP contribution in [0.3, 0.4) is 0 Å². The number of nitrogens with one attached hydrogen (secondary N) is 3. The van der Waals surface area contributed by atoms with E-state index < -0.39 is 11.9 Å². The minimum absolute atomic E-state index is 0.0578. The molecule has 2 rings (SSSR count). The highest BCUT2D eigenvalue weighted by Crippen LogP contribution is 2.27. The van der Waals surface area contributed by atoms with Crippen LogP contribution in [0.15, 0.2) is 29.4 Å². The number of halogens is 3. The molecule has 2 heterocycles. The maximum Gasteiger partial charge on any atom is 0.433 e. The fraction of sp³-hybridized carbons (Fsp3) is 0.438. The van der Waals surface area contributed by atoms with Gasteiger partial charge in [-0.2, -0.15) is 13.2 Å². The van der Waals surface area contributed by atoms with Crippen LogP contribution in [0.4, 0.5) is 19.1 Å². The van der Waals surface area contributed by atoms with Gasteiger partial charge in [0.1, 0.15) is 5.69 Å². The average molecular weight is 386 g/mol. The van der Waals surface area contributed by atoms with Crippen LogP contribution in [0.25, 0.3) is 0 Å². The van der Waals surface area contributed by atoms with Crippen molar-refractivity contribution in [3.05, 3.63) is 39.8 Å². The summed E-state index contributed by atoms with van der Waals surface area (Å²) in [6, 6.07) is 4.93. The summed E-state index contributed by atoms with van der Waals surface area (Å²) < 4.78 is 37.9. The average Bonchev–Trinajstić information content (AvgIpc) is 3.01. The summed E-state index contributed by atoms with van der Waals surface area (Å²) in [7, 11) is 0. The Kier molecular flexibility index (Phi) is 7.19. The molecule has 0 radical (unpaired) electrons. The van der Waals surface area contributed by atoms with Crippen molar-refractivity contribution in [3.63, 3.8) is 0 Å². The number of thiophene rings is 1. The van der Waals surface area contributed by atoms with Crippen LogP contribution >= 0.6 is 11.3 Å². The van der Waals surface area contributed by atoms with Crippen molar-refractivity contribution in [2.24, 2.45) is 4.99 Å². The largest absolute Gasteiger partial charge is 0.433 e. The Morgan fingerprint density at radius 2 is 2.00 bits per heavy atom. The first-order valence-corrected chi connectivity index (χ1v) is 8.91. The number of aliphatic imine (C=N–C) groups is 1. The molecule has 3 N–H and O–H groups in total. The van der Waals surface area contributed by atoms with Gasteiger partial charge in [0.15, 0.2) is 5.96 Å². The molecule has 6 nitrogen and oxygen atoms in total. The van der Waals surface area contributed by atoms with E-state index in [-0.39, 0.29) is 5.95 Å². The minimum atomic E-state index is -4.48. The number of rotatable bonds is 7. The van der Waals surface area contributed by atoms with Gasteiger partial charge in [-0.05, 0) is 32.0 Å². The van der Waals surface area contributed by atoms with E-state index in [2.05, 4.69) is 37.0 Å². The molecule has 0 saturated heterocycles. The van der Waals surface area contributed by atoms with Gasteiger partial charge in [-0.25, -0.2) is 15.0 Å². The molecule has 0 aromatic carbocycles. The van der Waals surface area contributed by atoms with E-state index in [1.54, 1.807) is 11.3 Å². The van der Waals surface area contributed by atoms with Crippen molar-refractivity contribution >= 4 is 23.2 Å². The molecule has 0 bridgehead atoms. The van der Waals surface area contributed by atoms with Crippen molar-refractivity contribution in [2.45, 2.75) is 26.6 Å². The molecule has 0 aliphatic heterocycles. The maximum absolute atomic E-state index is 12.6. The Bertz CT molecular complexity index is 729. The summed E-state index contributed by atoms with van der Waals surface area (Å²) in [4.78, 5) is 14.1. The molecule has 142 valence electrons. The van der Waals surface area contributed by atoms with Gasteiger partial charge in [-0.1, -0.05) is 0 Å². The van der Waals surface area contributed by atoms with Crippen LogP contribution in [0.2, 0.25) is 0 Å². The lowest BCUT2D eigenvalue weighted by Gasteiger charge is -2.12. The zero-order valence-corrected chi connectivity index (χ0v) is 15.3. The van der Waals surface area contributed by atoms with Crippen molar-refractivity contribution in [2.75, 3.05) is 25.0 Å². The van der Waals surface area contributed by atoms with Crippen molar-refractivity contribution in [1.29, 1.82) is 0 Å². The maximum atomic E-state index is 12.6. The van der Waals surface area contributed by atoms with Crippen LogP contribution in [-0.4, -0.2) is 35.6 Å². The number of hydrogen-bond acceptors (Lipinski definition) is 5. The van der Waals surface area contributed by atoms with Gasteiger partial charge in [0.25, 0.3) is 0 Å². The van der Waals surface area contributed by atoms with Gasteiger partial charge in [-0.15, -0.1) is 11.3 Å². The van der Waals surface area contributed by atoms with E-state index >= 15 is 0 Å². The lowest BCUT2D eigenvalue weighted by Crippen LogP contribution is -2.39. The summed E-state index contributed by atoms with van der Waals surface area (Å²) in [6.07, 6.45) is -3.40. The number of aromatic nitrogens is 2. The molecule has 10 heteroatoms. The number of nitrogens with zero attached hydrogens (tertiary/aromatic N) is 3. The van der Waals surface area contributed by atoms with Crippen molar-refractivity contribution in [1.82, 2.24) is 20.6 Å². The van der Waals surface area contributed by atoms with Crippen molar-refractivity contribution in [3.8, 4) is 0 Å². The SMILES string of the molecule is CCNC(=NCc1ccc(C)s1)NCCNc1nccc(C(F)(F)F)n1. The smallest absolute Gasteiger partial charge is 0.357 e. The fourth-order valence-electron chi connectivity index (χ4n) is 2.03. The zero-order chi connectivity index (χ0) is 19.0. The normalized spacial score (nSPS) is 12.1. The molecule has 26 heavy (non-hydrogen) atoms. The standard InChI is InChI=1S/C16H21F3N6S/c1-3-20-14(24-10-12-5-4-11(2)26-12)22-8-9-23-15-21-7-6-13(25-15)16(17,18)19/h4-7H,3,8-10H2,1-2H3,(H2,20,22,24)(H,21,23,25). The second-order valence-electron chi connectivity index (χ2n) is 5.32. The topological polar surface area (TPSA) is 74.2 Å². The number of aryl methyl sites for hydroxylation is 1. The summed E-state index contributed by atoms with van der Waals surface area (Å²) in [5, 5.41) is 9.01. The Morgan fingerprint density at radius 3 is 2.65 bits per heavy atom. The molecule has 0 unspecified atom stereocenters. The highest BCUT2D eigenvalue weighted by molar-refractivity contribution is 7.11. The van der Waals surface area contributed by atoms with Gasteiger partial charge in [0.2, 0.25) is 5.95 Å². The number of hydrogen-bond donors (Lipinski definition) is 3. The molecular formula is C16H21F3N6S. The third-order valence-corrected chi connectivity index (χ3v) is 4.17. The molecule has 0 amide bonds. The molecule has 0 spiro atoms. The van der Waals surface area contributed by atoms with Crippen molar-refractivity contribution < 1.29 is 13.2 Å². The molecule has 2 aromatic rings. The zero-order valence-electron chi connectivity index (χ0n) is 14.5. The first-order chi connectivity index (χ1) is 12.4.